The molecule has 0 radical (unpaired) electrons. The zero-order valence-electron chi connectivity index (χ0n) is 9.69. The van der Waals surface area contributed by atoms with Crippen LogP contribution in [0, 0.1) is 0 Å². The Hall–Kier alpha value is -0.940. The summed E-state index contributed by atoms with van der Waals surface area (Å²) in [5, 5.41) is 0.865. The summed E-state index contributed by atoms with van der Waals surface area (Å²) < 4.78 is 0. The molecule has 4 nitrogen and oxygen atoms in total. The van der Waals surface area contributed by atoms with Crippen LogP contribution < -0.4 is 5.73 Å². The predicted molar refractivity (Wildman–Crippen MR) is 64.5 cm³/mol. The van der Waals surface area contributed by atoms with E-state index in [1.165, 1.54) is 11.3 Å². The van der Waals surface area contributed by atoms with Gasteiger partial charge in [-0.1, -0.05) is 6.92 Å². The first-order chi connectivity index (χ1) is 7.67. The van der Waals surface area contributed by atoms with Crippen LogP contribution in [0.25, 0.3) is 0 Å². The van der Waals surface area contributed by atoms with Gasteiger partial charge >= 0.3 is 0 Å². The summed E-state index contributed by atoms with van der Waals surface area (Å²) >= 11 is 1.45. The number of hydrogen-bond donors (Lipinski definition) is 1. The van der Waals surface area contributed by atoms with Gasteiger partial charge in [0.1, 0.15) is 9.88 Å². The molecule has 16 heavy (non-hydrogen) atoms. The number of rotatable bonds is 3. The average Bonchev–Trinajstić information content (AvgIpc) is 2.72. The van der Waals surface area contributed by atoms with Crippen molar-refractivity contribution in [3.05, 3.63) is 15.6 Å². The van der Waals surface area contributed by atoms with Crippen LogP contribution in [0.5, 0.6) is 0 Å². The first kappa shape index (κ1) is 11.5. The fraction of sp³-hybridized carbons (Fsp3) is 0.636. The van der Waals surface area contributed by atoms with Gasteiger partial charge in [-0.05, 0) is 13.3 Å². The quantitative estimate of drug-likeness (QED) is 0.867. The van der Waals surface area contributed by atoms with Crippen LogP contribution in [0.15, 0.2) is 0 Å². The molecule has 0 aromatic carbocycles. The lowest BCUT2D eigenvalue weighted by molar-refractivity contribution is 0.0675. The molecule has 2 heterocycles. The van der Waals surface area contributed by atoms with Crippen molar-refractivity contribution >= 4 is 17.2 Å². The molecule has 0 aliphatic carbocycles. The van der Waals surface area contributed by atoms with E-state index in [1.54, 1.807) is 0 Å². The number of nitrogens with zero attached hydrogens (tertiary/aromatic N) is 2. The third-order valence-corrected chi connectivity index (χ3v) is 4.19. The molecule has 5 heteroatoms. The third kappa shape index (κ3) is 1.85. The highest BCUT2D eigenvalue weighted by atomic mass is 32.1. The smallest absolute Gasteiger partial charge is 0.266 e. The highest BCUT2D eigenvalue weighted by Gasteiger charge is 2.30. The number of thiazole rings is 1. The van der Waals surface area contributed by atoms with Crippen LogP contribution >= 0.6 is 11.3 Å². The summed E-state index contributed by atoms with van der Waals surface area (Å²) in [6.07, 6.45) is 1.85. The summed E-state index contributed by atoms with van der Waals surface area (Å²) in [5.74, 6) is 0.132. The fourth-order valence-electron chi connectivity index (χ4n) is 1.92. The van der Waals surface area contributed by atoms with E-state index in [0.29, 0.717) is 12.6 Å². The Morgan fingerprint density at radius 2 is 2.38 bits per heavy atom. The second-order valence-corrected chi connectivity index (χ2v) is 5.18. The highest BCUT2D eigenvalue weighted by molar-refractivity contribution is 7.13. The summed E-state index contributed by atoms with van der Waals surface area (Å²) in [5.41, 5.74) is 6.49. The normalized spacial score (nSPS) is 17.4. The molecule has 0 bridgehead atoms. The Balaban J connectivity index is 2.27. The van der Waals surface area contributed by atoms with Gasteiger partial charge < -0.3 is 10.6 Å². The standard InChI is InChI=1S/C11H17N3OS/c1-3-7(2)14-5-4-8-10(11(14)15)16-9(6-12)13-8/h7H,3-6,12H2,1-2H3. The van der Waals surface area contributed by atoms with Crippen molar-refractivity contribution in [2.24, 2.45) is 5.73 Å². The van der Waals surface area contributed by atoms with Gasteiger partial charge in [0.25, 0.3) is 5.91 Å². The van der Waals surface area contributed by atoms with Gasteiger partial charge in [-0.3, -0.25) is 4.79 Å². The summed E-state index contributed by atoms with van der Waals surface area (Å²) in [7, 11) is 0. The molecule has 1 amide bonds. The van der Waals surface area contributed by atoms with Crippen LogP contribution in [0.1, 0.15) is 40.6 Å². The van der Waals surface area contributed by atoms with E-state index in [2.05, 4.69) is 18.8 Å². The van der Waals surface area contributed by atoms with Gasteiger partial charge in [-0.25, -0.2) is 4.98 Å². The fourth-order valence-corrected chi connectivity index (χ4v) is 2.87. The van der Waals surface area contributed by atoms with Crippen LogP contribution in [0.2, 0.25) is 0 Å². The molecule has 2 rings (SSSR count). The predicted octanol–water partition coefficient (Wildman–Crippen LogP) is 1.40. The van der Waals surface area contributed by atoms with E-state index >= 15 is 0 Å². The Morgan fingerprint density at radius 1 is 1.62 bits per heavy atom. The van der Waals surface area contributed by atoms with Crippen molar-refractivity contribution < 1.29 is 4.79 Å². The molecule has 1 aromatic rings. The minimum Gasteiger partial charge on any atom is -0.335 e. The van der Waals surface area contributed by atoms with E-state index in [9.17, 15) is 4.79 Å². The van der Waals surface area contributed by atoms with Crippen molar-refractivity contribution in [3.63, 3.8) is 0 Å². The number of aromatic nitrogens is 1. The maximum Gasteiger partial charge on any atom is 0.266 e. The topological polar surface area (TPSA) is 59.2 Å². The number of hydrogen-bond acceptors (Lipinski definition) is 4. The Bertz CT molecular complexity index is 402. The lowest BCUT2D eigenvalue weighted by Gasteiger charge is -2.31. The zero-order valence-corrected chi connectivity index (χ0v) is 10.5. The van der Waals surface area contributed by atoms with Gasteiger partial charge in [0.05, 0.1) is 5.69 Å². The van der Waals surface area contributed by atoms with Crippen LogP contribution in [0.4, 0.5) is 0 Å². The molecule has 88 valence electrons. The molecule has 1 aromatic heterocycles. The molecule has 2 N–H and O–H groups in total. The first-order valence-electron chi connectivity index (χ1n) is 5.67. The van der Waals surface area contributed by atoms with E-state index in [-0.39, 0.29) is 5.91 Å². The first-order valence-corrected chi connectivity index (χ1v) is 6.48. The molecule has 0 fully saturated rings. The molecular formula is C11H17N3OS. The number of nitrogens with two attached hydrogens (primary N) is 1. The van der Waals surface area contributed by atoms with E-state index in [1.807, 2.05) is 4.90 Å². The monoisotopic (exact) mass is 239 g/mol. The van der Waals surface area contributed by atoms with Gasteiger partial charge in [0.15, 0.2) is 0 Å². The number of fused-ring (bicyclic) bond motifs is 1. The van der Waals surface area contributed by atoms with Crippen molar-refractivity contribution in [1.82, 2.24) is 9.88 Å². The van der Waals surface area contributed by atoms with E-state index < -0.39 is 0 Å². The molecule has 1 unspecified atom stereocenters. The molecule has 0 saturated carbocycles. The largest absolute Gasteiger partial charge is 0.335 e. The molecule has 1 aliphatic heterocycles. The summed E-state index contributed by atoms with van der Waals surface area (Å²) in [4.78, 5) is 19.3. The van der Waals surface area contributed by atoms with E-state index in [0.717, 1.165) is 35.0 Å². The molecule has 1 atom stereocenters. The average molecular weight is 239 g/mol. The second kappa shape index (κ2) is 4.51. The minimum atomic E-state index is 0.132. The van der Waals surface area contributed by atoms with Crippen molar-refractivity contribution in [1.29, 1.82) is 0 Å². The Labute approximate surface area is 99.5 Å². The Kier molecular flexibility index (Phi) is 3.25. The minimum absolute atomic E-state index is 0.132. The van der Waals surface area contributed by atoms with Crippen LogP contribution in [-0.4, -0.2) is 28.4 Å². The molecule has 1 aliphatic rings. The zero-order chi connectivity index (χ0) is 11.7. The molecule has 0 spiro atoms. The third-order valence-electron chi connectivity index (χ3n) is 3.08. The SMILES string of the molecule is CCC(C)N1CCc2nc(CN)sc2C1=O. The number of amides is 1. The van der Waals surface area contributed by atoms with Gasteiger partial charge in [-0.2, -0.15) is 0 Å². The van der Waals surface area contributed by atoms with Gasteiger partial charge in [0.2, 0.25) is 0 Å². The maximum atomic E-state index is 12.2. The highest BCUT2D eigenvalue weighted by Crippen LogP contribution is 2.26. The molecule has 0 saturated heterocycles. The number of carbonyl (C=O) groups excluding carboxylic acids is 1. The van der Waals surface area contributed by atoms with Crippen LogP contribution in [0.3, 0.4) is 0 Å². The van der Waals surface area contributed by atoms with Crippen molar-refractivity contribution in [2.75, 3.05) is 6.54 Å². The second-order valence-electron chi connectivity index (χ2n) is 4.09. The van der Waals surface area contributed by atoms with Gasteiger partial charge in [-0.15, -0.1) is 11.3 Å². The Morgan fingerprint density at radius 3 is 3.00 bits per heavy atom. The van der Waals surface area contributed by atoms with Gasteiger partial charge in [0, 0.05) is 25.6 Å². The van der Waals surface area contributed by atoms with Crippen molar-refractivity contribution in [3.8, 4) is 0 Å². The molecular weight excluding hydrogens is 222 g/mol. The van der Waals surface area contributed by atoms with E-state index in [4.69, 9.17) is 5.73 Å². The summed E-state index contributed by atoms with van der Waals surface area (Å²) in [6.45, 7) is 5.40. The lowest BCUT2D eigenvalue weighted by atomic mass is 10.1. The maximum absolute atomic E-state index is 12.2. The van der Waals surface area contributed by atoms with Crippen molar-refractivity contribution in [2.45, 2.75) is 39.3 Å². The van der Waals surface area contributed by atoms with Crippen LogP contribution in [-0.2, 0) is 13.0 Å². The number of carbonyl (C=O) groups is 1. The summed E-state index contributed by atoms with van der Waals surface area (Å²) in [6, 6.07) is 0.309. The lowest BCUT2D eigenvalue weighted by Crippen LogP contribution is -2.42.